The molecule has 106 valence electrons. The zero-order valence-electron chi connectivity index (χ0n) is 11.6. The molecule has 0 spiro atoms. The number of hydrogen-bond acceptors (Lipinski definition) is 3. The second-order valence-electron chi connectivity index (χ2n) is 6.02. The van der Waals surface area contributed by atoms with Crippen LogP contribution in [0.3, 0.4) is 0 Å². The minimum atomic E-state index is 0.0771. The number of imidazole rings is 1. The fourth-order valence-electron chi connectivity index (χ4n) is 3.49. The van der Waals surface area contributed by atoms with Crippen molar-refractivity contribution in [2.75, 3.05) is 13.2 Å². The maximum absolute atomic E-state index is 6.45. The van der Waals surface area contributed by atoms with E-state index in [1.807, 2.05) is 12.5 Å². The molecule has 0 radical (unpaired) electrons. The lowest BCUT2D eigenvalue weighted by Crippen LogP contribution is -2.25. The molecule has 19 heavy (non-hydrogen) atoms. The van der Waals surface area contributed by atoms with Crippen LogP contribution in [0.1, 0.15) is 62.7 Å². The van der Waals surface area contributed by atoms with E-state index in [0.29, 0.717) is 12.0 Å². The van der Waals surface area contributed by atoms with E-state index >= 15 is 0 Å². The third-order valence-corrected chi connectivity index (χ3v) is 4.73. The van der Waals surface area contributed by atoms with Gasteiger partial charge in [-0.15, -0.1) is 0 Å². The smallest absolute Gasteiger partial charge is 0.0951 e. The molecule has 1 saturated heterocycles. The van der Waals surface area contributed by atoms with Gasteiger partial charge in [-0.25, -0.2) is 4.98 Å². The SMILES string of the molecule is NC(c1cncn1C1CCCCCC1)C1CCOC1. The molecule has 0 amide bonds. The van der Waals surface area contributed by atoms with Crippen molar-refractivity contribution in [3.63, 3.8) is 0 Å². The Labute approximate surface area is 115 Å². The van der Waals surface area contributed by atoms with Crippen molar-refractivity contribution in [1.29, 1.82) is 0 Å². The summed E-state index contributed by atoms with van der Waals surface area (Å²) in [6, 6.07) is 0.682. The van der Waals surface area contributed by atoms with Gasteiger partial charge >= 0.3 is 0 Å². The quantitative estimate of drug-likeness (QED) is 0.853. The highest BCUT2D eigenvalue weighted by Crippen LogP contribution is 2.32. The average molecular weight is 263 g/mol. The third-order valence-electron chi connectivity index (χ3n) is 4.73. The Bertz CT molecular complexity index is 373. The van der Waals surface area contributed by atoms with Crippen LogP contribution in [-0.4, -0.2) is 22.8 Å². The fraction of sp³-hybridized carbons (Fsp3) is 0.800. The number of nitrogens with two attached hydrogens (primary N) is 1. The molecule has 1 saturated carbocycles. The van der Waals surface area contributed by atoms with E-state index in [9.17, 15) is 0 Å². The van der Waals surface area contributed by atoms with Crippen molar-refractivity contribution >= 4 is 0 Å². The molecule has 2 N–H and O–H groups in total. The maximum atomic E-state index is 6.45. The lowest BCUT2D eigenvalue weighted by molar-refractivity contribution is 0.180. The number of ether oxygens (including phenoxy) is 1. The molecular formula is C15H25N3O. The molecule has 0 aromatic carbocycles. The monoisotopic (exact) mass is 263 g/mol. The van der Waals surface area contributed by atoms with Crippen LogP contribution in [0.2, 0.25) is 0 Å². The maximum Gasteiger partial charge on any atom is 0.0951 e. The predicted octanol–water partition coefficient (Wildman–Crippen LogP) is 2.81. The Balaban J connectivity index is 1.76. The van der Waals surface area contributed by atoms with Gasteiger partial charge in [0.1, 0.15) is 0 Å². The summed E-state index contributed by atoms with van der Waals surface area (Å²) in [6.45, 7) is 1.66. The van der Waals surface area contributed by atoms with E-state index < -0.39 is 0 Å². The molecule has 4 nitrogen and oxygen atoms in total. The second kappa shape index (κ2) is 6.06. The normalized spacial score (nSPS) is 27.3. The van der Waals surface area contributed by atoms with Gasteiger partial charge in [0.05, 0.1) is 24.7 Å². The number of hydrogen-bond donors (Lipinski definition) is 1. The summed E-state index contributed by atoms with van der Waals surface area (Å²) in [5.74, 6) is 0.459. The lowest BCUT2D eigenvalue weighted by atomic mass is 9.96. The van der Waals surface area contributed by atoms with Crippen molar-refractivity contribution in [1.82, 2.24) is 9.55 Å². The molecule has 1 aliphatic heterocycles. The third kappa shape index (κ3) is 2.84. The summed E-state index contributed by atoms with van der Waals surface area (Å²) >= 11 is 0. The fourth-order valence-corrected chi connectivity index (χ4v) is 3.49. The summed E-state index contributed by atoms with van der Waals surface area (Å²) in [7, 11) is 0. The number of nitrogens with zero attached hydrogens (tertiary/aromatic N) is 2. The van der Waals surface area contributed by atoms with Gasteiger partial charge in [0.25, 0.3) is 0 Å². The van der Waals surface area contributed by atoms with E-state index in [0.717, 1.165) is 19.6 Å². The first-order chi connectivity index (χ1) is 9.36. The van der Waals surface area contributed by atoms with Crippen LogP contribution in [0.4, 0.5) is 0 Å². The average Bonchev–Trinajstić information content (AvgIpc) is 3.05. The minimum absolute atomic E-state index is 0.0771. The molecule has 4 heteroatoms. The first-order valence-corrected chi connectivity index (χ1v) is 7.71. The molecule has 2 unspecified atom stereocenters. The van der Waals surface area contributed by atoms with E-state index in [4.69, 9.17) is 10.5 Å². The van der Waals surface area contributed by atoms with Gasteiger partial charge in [0.2, 0.25) is 0 Å². The van der Waals surface area contributed by atoms with Crippen LogP contribution >= 0.6 is 0 Å². The van der Waals surface area contributed by atoms with Gasteiger partial charge in [0.15, 0.2) is 0 Å². The first kappa shape index (κ1) is 13.1. The highest BCUT2D eigenvalue weighted by Gasteiger charge is 2.28. The Hall–Kier alpha value is -0.870. The Kier molecular flexibility index (Phi) is 4.18. The zero-order valence-corrected chi connectivity index (χ0v) is 11.6. The molecule has 1 aromatic rings. The van der Waals surface area contributed by atoms with Crippen LogP contribution in [0.25, 0.3) is 0 Å². The van der Waals surface area contributed by atoms with Crippen LogP contribution in [0.15, 0.2) is 12.5 Å². The first-order valence-electron chi connectivity index (χ1n) is 7.71. The number of aromatic nitrogens is 2. The molecule has 2 heterocycles. The van der Waals surface area contributed by atoms with Gasteiger partial charge in [0, 0.05) is 24.8 Å². The van der Waals surface area contributed by atoms with Gasteiger partial charge in [-0.1, -0.05) is 25.7 Å². The Morgan fingerprint density at radius 3 is 2.68 bits per heavy atom. The molecule has 1 aliphatic carbocycles. The summed E-state index contributed by atoms with van der Waals surface area (Å²) in [6.07, 6.45) is 13.0. The Morgan fingerprint density at radius 1 is 1.21 bits per heavy atom. The highest BCUT2D eigenvalue weighted by molar-refractivity contribution is 5.08. The van der Waals surface area contributed by atoms with E-state index in [1.54, 1.807) is 0 Å². The second-order valence-corrected chi connectivity index (χ2v) is 6.02. The van der Waals surface area contributed by atoms with Crippen LogP contribution in [0.5, 0.6) is 0 Å². The van der Waals surface area contributed by atoms with Gasteiger partial charge in [-0.05, 0) is 19.3 Å². The van der Waals surface area contributed by atoms with E-state index in [1.165, 1.54) is 44.2 Å². The van der Waals surface area contributed by atoms with Gasteiger partial charge in [-0.3, -0.25) is 0 Å². The molecule has 2 aliphatic rings. The largest absolute Gasteiger partial charge is 0.381 e. The number of rotatable bonds is 3. The summed E-state index contributed by atoms with van der Waals surface area (Å²) in [5, 5.41) is 0. The molecule has 1 aromatic heterocycles. The van der Waals surface area contributed by atoms with Crippen LogP contribution in [-0.2, 0) is 4.74 Å². The molecule has 3 rings (SSSR count). The highest BCUT2D eigenvalue weighted by atomic mass is 16.5. The molecule has 2 atom stereocenters. The van der Waals surface area contributed by atoms with Crippen molar-refractivity contribution < 1.29 is 4.74 Å². The summed E-state index contributed by atoms with van der Waals surface area (Å²) in [4.78, 5) is 4.36. The van der Waals surface area contributed by atoms with Crippen molar-refractivity contribution in [2.24, 2.45) is 11.7 Å². The van der Waals surface area contributed by atoms with Crippen molar-refractivity contribution in [3.05, 3.63) is 18.2 Å². The summed E-state index contributed by atoms with van der Waals surface area (Å²) < 4.78 is 7.83. The van der Waals surface area contributed by atoms with E-state index in [2.05, 4.69) is 9.55 Å². The molecule has 2 fully saturated rings. The molecular weight excluding hydrogens is 238 g/mol. The van der Waals surface area contributed by atoms with Crippen LogP contribution < -0.4 is 5.73 Å². The predicted molar refractivity (Wildman–Crippen MR) is 74.8 cm³/mol. The Morgan fingerprint density at radius 2 is 2.00 bits per heavy atom. The zero-order chi connectivity index (χ0) is 13.1. The van der Waals surface area contributed by atoms with Crippen molar-refractivity contribution in [3.8, 4) is 0 Å². The van der Waals surface area contributed by atoms with E-state index in [-0.39, 0.29) is 6.04 Å². The van der Waals surface area contributed by atoms with Crippen LogP contribution in [0, 0.1) is 5.92 Å². The molecule has 0 bridgehead atoms. The summed E-state index contributed by atoms with van der Waals surface area (Å²) in [5.41, 5.74) is 7.66. The van der Waals surface area contributed by atoms with Crippen molar-refractivity contribution in [2.45, 2.75) is 57.0 Å². The van der Waals surface area contributed by atoms with Gasteiger partial charge < -0.3 is 15.0 Å². The van der Waals surface area contributed by atoms with Gasteiger partial charge in [-0.2, -0.15) is 0 Å². The topological polar surface area (TPSA) is 53.1 Å². The standard InChI is InChI=1S/C15H25N3O/c16-15(12-7-8-19-10-12)14-9-17-11-18(14)13-5-3-1-2-4-6-13/h9,11-13,15H,1-8,10,16H2. The minimum Gasteiger partial charge on any atom is -0.381 e. The lowest BCUT2D eigenvalue weighted by Gasteiger charge is -2.24.